The minimum Gasteiger partial charge on any atom is -0.385 e. The van der Waals surface area contributed by atoms with Gasteiger partial charge in [0.25, 0.3) is 0 Å². The van der Waals surface area contributed by atoms with Crippen molar-refractivity contribution in [3.63, 3.8) is 0 Å². The van der Waals surface area contributed by atoms with Crippen LogP contribution in [0.5, 0.6) is 0 Å². The number of para-hydroxylation sites is 1. The van der Waals surface area contributed by atoms with Gasteiger partial charge in [0.15, 0.2) is 0 Å². The zero-order chi connectivity index (χ0) is 26.5. The Bertz CT molecular complexity index is 1350. The molecule has 1 fully saturated rings. The molecule has 2 amide bonds. The number of aromatic nitrogens is 4. The molecule has 2 unspecified atom stereocenters. The Balaban J connectivity index is 1.33. The van der Waals surface area contributed by atoms with E-state index in [1.165, 1.54) is 5.56 Å². The van der Waals surface area contributed by atoms with Gasteiger partial charge in [-0.05, 0) is 61.6 Å². The first-order chi connectivity index (χ1) is 18.5. The maximum atomic E-state index is 13.3. The Morgan fingerprint density at radius 1 is 1.08 bits per heavy atom. The summed E-state index contributed by atoms with van der Waals surface area (Å²) in [5.74, 6) is 2.04. The van der Waals surface area contributed by atoms with Crippen LogP contribution in [0.4, 0.5) is 10.6 Å². The van der Waals surface area contributed by atoms with Gasteiger partial charge in [0.05, 0.1) is 11.9 Å². The van der Waals surface area contributed by atoms with Crippen LogP contribution in [-0.2, 0) is 11.8 Å². The number of nitrogens with one attached hydrogen (secondary N) is 2. The maximum absolute atomic E-state index is 13.3. The van der Waals surface area contributed by atoms with Crippen molar-refractivity contribution in [2.24, 2.45) is 18.9 Å². The molecule has 0 saturated heterocycles. The van der Waals surface area contributed by atoms with E-state index in [2.05, 4.69) is 46.1 Å². The lowest BCUT2D eigenvalue weighted by molar-refractivity contribution is 0.177. The summed E-state index contributed by atoms with van der Waals surface area (Å²) in [7, 11) is 3.64. The van der Waals surface area contributed by atoms with Crippen molar-refractivity contribution in [3.8, 4) is 16.9 Å². The first-order valence-corrected chi connectivity index (χ1v) is 13.3. The molecule has 2 N–H and O–H groups in total. The normalized spacial score (nSPS) is 19.0. The Hall–Kier alpha value is -3.91. The van der Waals surface area contributed by atoms with Gasteiger partial charge in [-0.3, -0.25) is 10.00 Å². The monoisotopic (exact) mass is 512 g/mol. The summed E-state index contributed by atoms with van der Waals surface area (Å²) < 4.78 is 8.89. The fourth-order valence-electron chi connectivity index (χ4n) is 5.69. The zero-order valence-corrected chi connectivity index (χ0v) is 22.3. The van der Waals surface area contributed by atoms with Crippen molar-refractivity contribution in [2.45, 2.75) is 32.1 Å². The number of rotatable bonds is 9. The second kappa shape index (κ2) is 11.6. The number of aryl methyl sites for hydroxylation is 1. The summed E-state index contributed by atoms with van der Waals surface area (Å²) in [4.78, 5) is 13.3. The second-order valence-corrected chi connectivity index (χ2v) is 10.2. The van der Waals surface area contributed by atoms with E-state index >= 15 is 0 Å². The summed E-state index contributed by atoms with van der Waals surface area (Å²) in [5.41, 5.74) is 4.81. The smallest absolute Gasteiger partial charge is 0.320 e. The quantitative estimate of drug-likeness (QED) is 0.308. The van der Waals surface area contributed by atoms with Crippen molar-refractivity contribution in [3.05, 3.63) is 84.2 Å². The van der Waals surface area contributed by atoms with E-state index < -0.39 is 0 Å². The van der Waals surface area contributed by atoms with E-state index in [0.717, 1.165) is 48.4 Å². The summed E-state index contributed by atoms with van der Waals surface area (Å²) in [6.07, 6.45) is 6.97. The first kappa shape index (κ1) is 25.7. The summed E-state index contributed by atoms with van der Waals surface area (Å²) >= 11 is 0. The molecule has 38 heavy (non-hydrogen) atoms. The Labute approximate surface area is 224 Å². The highest BCUT2D eigenvalue weighted by Gasteiger charge is 2.35. The lowest BCUT2D eigenvalue weighted by Crippen LogP contribution is -2.34. The number of hydrogen-bond acceptors (Lipinski definition) is 4. The fraction of sp³-hybridized carbons (Fsp3) is 0.367. The van der Waals surface area contributed by atoms with Crippen molar-refractivity contribution in [1.82, 2.24) is 24.9 Å². The minimum atomic E-state index is -0.227. The molecule has 8 heteroatoms. The number of hydrogen-bond donors (Lipinski definition) is 2. The zero-order valence-electron chi connectivity index (χ0n) is 22.3. The van der Waals surface area contributed by atoms with Gasteiger partial charge >= 0.3 is 6.03 Å². The minimum absolute atomic E-state index is 0.227. The number of anilines is 1. The number of amides is 2. The Kier molecular flexibility index (Phi) is 7.89. The molecule has 0 aliphatic heterocycles. The molecule has 5 rings (SSSR count). The second-order valence-electron chi connectivity index (χ2n) is 10.2. The predicted molar refractivity (Wildman–Crippen MR) is 149 cm³/mol. The van der Waals surface area contributed by atoms with Crippen LogP contribution in [0, 0.1) is 18.8 Å². The molecule has 0 radical (unpaired) electrons. The van der Waals surface area contributed by atoms with Gasteiger partial charge in [0, 0.05) is 44.6 Å². The van der Waals surface area contributed by atoms with Crippen molar-refractivity contribution in [1.29, 1.82) is 0 Å². The molecule has 1 saturated carbocycles. The van der Waals surface area contributed by atoms with Gasteiger partial charge in [0.2, 0.25) is 0 Å². The molecule has 4 aromatic rings. The van der Waals surface area contributed by atoms with Crippen LogP contribution in [0.1, 0.15) is 36.3 Å². The summed E-state index contributed by atoms with van der Waals surface area (Å²) in [5, 5.41) is 15.4. The molecule has 2 aromatic carbocycles. The number of carbonyl (C=O) groups excluding carboxylic acids is 1. The molecule has 0 bridgehead atoms. The van der Waals surface area contributed by atoms with E-state index in [1.807, 2.05) is 50.5 Å². The van der Waals surface area contributed by atoms with Crippen LogP contribution in [0.2, 0.25) is 0 Å². The Morgan fingerprint density at radius 3 is 2.50 bits per heavy atom. The average Bonchev–Trinajstić information content (AvgIpc) is 3.64. The third kappa shape index (κ3) is 5.65. The van der Waals surface area contributed by atoms with Crippen molar-refractivity contribution >= 4 is 11.8 Å². The maximum Gasteiger partial charge on any atom is 0.320 e. The van der Waals surface area contributed by atoms with Crippen LogP contribution in [-0.4, -0.2) is 45.9 Å². The highest BCUT2D eigenvalue weighted by molar-refractivity contribution is 5.90. The number of urea groups is 1. The molecular formula is C30H36N6O2. The van der Waals surface area contributed by atoms with E-state index in [0.29, 0.717) is 30.1 Å². The third-order valence-corrected chi connectivity index (χ3v) is 7.61. The average molecular weight is 513 g/mol. The molecule has 2 heterocycles. The predicted octanol–water partition coefficient (Wildman–Crippen LogP) is 5.55. The standard InChI is InChI=1S/C30H36N6O2/c1-21-28(25-19-32-35(2)20-25)34-36(26-12-8-5-9-13-26)29(21)33-30(37)31-18-24-16-22(14-15-38-3)17-27(24)23-10-6-4-7-11-23/h4-13,19-20,22,24,27H,14-18H2,1-3H3,(H2,31,33,37)/t22?,24?,27-/m0/s1. The molecular weight excluding hydrogens is 476 g/mol. The van der Waals surface area contributed by atoms with Crippen molar-refractivity contribution in [2.75, 3.05) is 25.6 Å². The molecule has 1 aliphatic carbocycles. The van der Waals surface area contributed by atoms with Gasteiger partial charge in [0.1, 0.15) is 11.5 Å². The summed E-state index contributed by atoms with van der Waals surface area (Å²) in [6, 6.07) is 20.3. The van der Waals surface area contributed by atoms with E-state index in [4.69, 9.17) is 9.84 Å². The van der Waals surface area contributed by atoms with Gasteiger partial charge in [-0.15, -0.1) is 0 Å². The van der Waals surface area contributed by atoms with Crippen molar-refractivity contribution < 1.29 is 9.53 Å². The van der Waals surface area contributed by atoms with Gasteiger partial charge < -0.3 is 10.1 Å². The van der Waals surface area contributed by atoms with E-state index in [1.54, 1.807) is 22.7 Å². The van der Waals surface area contributed by atoms with Crippen LogP contribution >= 0.6 is 0 Å². The highest BCUT2D eigenvalue weighted by Crippen LogP contribution is 2.44. The number of ether oxygens (including phenoxy) is 1. The van der Waals surface area contributed by atoms with E-state index in [9.17, 15) is 4.79 Å². The van der Waals surface area contributed by atoms with Crippen LogP contribution < -0.4 is 10.6 Å². The van der Waals surface area contributed by atoms with Crippen LogP contribution in [0.3, 0.4) is 0 Å². The van der Waals surface area contributed by atoms with Gasteiger partial charge in [-0.1, -0.05) is 48.5 Å². The number of methoxy groups -OCH3 is 1. The fourth-order valence-corrected chi connectivity index (χ4v) is 5.69. The molecule has 0 spiro atoms. The van der Waals surface area contributed by atoms with Crippen LogP contribution in [0.15, 0.2) is 73.1 Å². The third-order valence-electron chi connectivity index (χ3n) is 7.61. The number of nitrogens with zero attached hydrogens (tertiary/aromatic N) is 4. The van der Waals surface area contributed by atoms with E-state index in [-0.39, 0.29) is 6.03 Å². The van der Waals surface area contributed by atoms with Crippen LogP contribution in [0.25, 0.3) is 16.9 Å². The largest absolute Gasteiger partial charge is 0.385 e. The molecule has 1 aliphatic rings. The number of benzene rings is 2. The molecule has 8 nitrogen and oxygen atoms in total. The topological polar surface area (TPSA) is 86.0 Å². The highest BCUT2D eigenvalue weighted by atomic mass is 16.5. The lowest BCUT2D eigenvalue weighted by Gasteiger charge is -2.21. The number of carbonyl (C=O) groups is 1. The van der Waals surface area contributed by atoms with Gasteiger partial charge in [-0.25, -0.2) is 9.48 Å². The first-order valence-electron chi connectivity index (χ1n) is 13.3. The van der Waals surface area contributed by atoms with Gasteiger partial charge in [-0.2, -0.15) is 10.2 Å². The Morgan fingerprint density at radius 2 is 1.82 bits per heavy atom. The molecule has 3 atom stereocenters. The summed E-state index contributed by atoms with van der Waals surface area (Å²) in [6.45, 7) is 3.37. The SMILES string of the molecule is COCCC1CC(CNC(=O)Nc2c(C)c(-c3cnn(C)c3)nn2-c2ccccc2)[C@H](c2ccccc2)C1. The molecule has 198 valence electrons. The molecule has 2 aromatic heterocycles. The lowest BCUT2D eigenvalue weighted by atomic mass is 9.89.